The Bertz CT molecular complexity index is 1300. The molecule has 0 saturated heterocycles. The van der Waals surface area contributed by atoms with E-state index in [0.717, 1.165) is 45.0 Å². The topological polar surface area (TPSA) is 55.6 Å². The van der Waals surface area contributed by atoms with Gasteiger partial charge < -0.3 is 4.74 Å². The van der Waals surface area contributed by atoms with E-state index in [1.54, 1.807) is 13.3 Å². The predicted octanol–water partition coefficient (Wildman–Crippen LogP) is 4.70. The van der Waals surface area contributed by atoms with Crippen LogP contribution < -0.4 is 4.74 Å². The minimum Gasteiger partial charge on any atom is -0.496 e. The summed E-state index contributed by atoms with van der Waals surface area (Å²) in [7, 11) is 1.55. The number of aryl methyl sites for hydroxylation is 1. The molecule has 5 rings (SSSR count). The van der Waals surface area contributed by atoms with Crippen LogP contribution in [0.25, 0.3) is 28.2 Å². The molecule has 4 heterocycles. The zero-order valence-corrected chi connectivity index (χ0v) is 18.2. The first-order chi connectivity index (χ1) is 15.8. The van der Waals surface area contributed by atoms with Crippen LogP contribution in [-0.2, 0) is 13.0 Å². The van der Waals surface area contributed by atoms with Crippen molar-refractivity contribution in [1.29, 1.82) is 0 Å². The quantitative estimate of drug-likeness (QED) is 0.449. The van der Waals surface area contributed by atoms with Crippen LogP contribution in [0.3, 0.4) is 0 Å². The van der Waals surface area contributed by atoms with Gasteiger partial charge in [0.2, 0.25) is 0 Å². The summed E-state index contributed by atoms with van der Waals surface area (Å²) in [5.41, 5.74) is 6.90. The summed E-state index contributed by atoms with van der Waals surface area (Å²) in [5.74, 6) is 0.593. The maximum absolute atomic E-state index is 12.9. The number of rotatable bonds is 4. The summed E-state index contributed by atoms with van der Waals surface area (Å²) in [5, 5.41) is 8.36. The molecule has 0 fully saturated rings. The lowest BCUT2D eigenvalue weighted by Crippen LogP contribution is -2.38. The number of ether oxygens (including phenoxy) is 1. The van der Waals surface area contributed by atoms with Crippen molar-refractivity contribution in [2.45, 2.75) is 26.1 Å². The van der Waals surface area contributed by atoms with Crippen molar-refractivity contribution in [2.24, 2.45) is 0 Å². The highest BCUT2D eigenvalue weighted by Crippen LogP contribution is 2.35. The van der Waals surface area contributed by atoms with Gasteiger partial charge in [0.25, 0.3) is 0 Å². The predicted molar refractivity (Wildman–Crippen MR) is 118 cm³/mol. The highest BCUT2D eigenvalue weighted by Gasteiger charge is 2.33. The third-order valence-corrected chi connectivity index (χ3v) is 5.91. The van der Waals surface area contributed by atoms with Crippen LogP contribution in [0.1, 0.15) is 16.8 Å². The van der Waals surface area contributed by atoms with E-state index in [-0.39, 0.29) is 6.54 Å². The Morgan fingerprint density at radius 1 is 1.06 bits per heavy atom. The van der Waals surface area contributed by atoms with Crippen molar-refractivity contribution in [3.63, 3.8) is 0 Å². The molecule has 0 atom stereocenters. The SMILES string of the molecule is COc1cc(-c2cnc3cc(-c4ccc(C)nn4)ccn23)cc2c1CN(CC(F)(F)F)CC2. The summed E-state index contributed by atoms with van der Waals surface area (Å²) in [6.45, 7) is 1.54. The van der Waals surface area contributed by atoms with Crippen molar-refractivity contribution in [3.8, 4) is 28.3 Å². The van der Waals surface area contributed by atoms with Gasteiger partial charge >= 0.3 is 6.18 Å². The Labute approximate surface area is 188 Å². The summed E-state index contributed by atoms with van der Waals surface area (Å²) < 4.78 is 46.1. The molecule has 6 nitrogen and oxygen atoms in total. The first kappa shape index (κ1) is 21.4. The first-order valence-corrected chi connectivity index (χ1v) is 10.6. The number of aromatic nitrogens is 4. The first-order valence-electron chi connectivity index (χ1n) is 10.6. The van der Waals surface area contributed by atoms with Crippen molar-refractivity contribution in [1.82, 2.24) is 24.5 Å². The molecule has 0 radical (unpaired) electrons. The molecule has 0 spiro atoms. The molecule has 1 aliphatic heterocycles. The molecule has 9 heteroatoms. The van der Waals surface area contributed by atoms with Gasteiger partial charge in [-0.25, -0.2) is 4.98 Å². The Morgan fingerprint density at radius 3 is 2.64 bits per heavy atom. The molecule has 0 amide bonds. The Balaban J connectivity index is 1.49. The van der Waals surface area contributed by atoms with Crippen molar-refractivity contribution >= 4 is 5.65 Å². The fourth-order valence-electron chi connectivity index (χ4n) is 4.31. The van der Waals surface area contributed by atoms with E-state index >= 15 is 0 Å². The largest absolute Gasteiger partial charge is 0.496 e. The minimum atomic E-state index is -4.22. The van der Waals surface area contributed by atoms with Crippen LogP contribution in [0.4, 0.5) is 13.2 Å². The summed E-state index contributed by atoms with van der Waals surface area (Å²) in [6, 6.07) is 11.7. The van der Waals surface area contributed by atoms with Gasteiger partial charge in [-0.3, -0.25) is 9.30 Å². The van der Waals surface area contributed by atoms with E-state index in [1.165, 1.54) is 4.90 Å². The molecule has 170 valence electrons. The van der Waals surface area contributed by atoms with Crippen LogP contribution in [-0.4, -0.2) is 50.9 Å². The Morgan fingerprint density at radius 2 is 1.91 bits per heavy atom. The maximum Gasteiger partial charge on any atom is 0.401 e. The molecule has 0 unspecified atom stereocenters. The third-order valence-electron chi connectivity index (χ3n) is 5.91. The van der Waals surface area contributed by atoms with Crippen LogP contribution >= 0.6 is 0 Å². The van der Waals surface area contributed by atoms with E-state index in [0.29, 0.717) is 18.7 Å². The zero-order valence-electron chi connectivity index (χ0n) is 18.2. The van der Waals surface area contributed by atoms with Crippen LogP contribution in [0, 0.1) is 6.92 Å². The number of fused-ring (bicyclic) bond motifs is 2. The van der Waals surface area contributed by atoms with Crippen molar-refractivity contribution in [3.05, 3.63) is 65.6 Å². The van der Waals surface area contributed by atoms with E-state index in [2.05, 4.69) is 15.2 Å². The van der Waals surface area contributed by atoms with E-state index in [1.807, 2.05) is 53.9 Å². The number of hydrogen-bond acceptors (Lipinski definition) is 5. The summed E-state index contributed by atoms with van der Waals surface area (Å²) >= 11 is 0. The molecule has 4 aromatic rings. The fraction of sp³-hybridized carbons (Fsp3) is 0.292. The van der Waals surface area contributed by atoms with Gasteiger partial charge in [-0.1, -0.05) is 0 Å². The molecule has 1 aliphatic rings. The standard InChI is InChI=1S/C24H22F3N5O/c1-15-3-4-20(30-29-15)17-6-8-32-21(12-28-23(32)11-17)18-9-16-5-7-31(14-24(25,26)27)13-19(16)22(10-18)33-2/h3-4,6,8-12H,5,7,13-14H2,1-2H3. The molecule has 3 aromatic heterocycles. The number of pyridine rings is 1. The van der Waals surface area contributed by atoms with E-state index in [4.69, 9.17) is 4.74 Å². The number of alkyl halides is 3. The lowest BCUT2D eigenvalue weighted by atomic mass is 9.95. The minimum absolute atomic E-state index is 0.215. The molecular weight excluding hydrogens is 431 g/mol. The molecule has 1 aromatic carbocycles. The second-order valence-electron chi connectivity index (χ2n) is 8.24. The maximum atomic E-state index is 12.9. The molecular formula is C24H22F3N5O. The second kappa shape index (κ2) is 8.15. The number of imidazole rings is 1. The Hall–Kier alpha value is -3.46. The van der Waals surface area contributed by atoms with Gasteiger partial charge in [-0.15, -0.1) is 0 Å². The average Bonchev–Trinajstić information content (AvgIpc) is 3.21. The Kier molecular flexibility index (Phi) is 5.28. The number of halogens is 3. The molecule has 0 bridgehead atoms. The zero-order chi connectivity index (χ0) is 23.2. The number of nitrogens with zero attached hydrogens (tertiary/aromatic N) is 5. The van der Waals surface area contributed by atoms with Gasteiger partial charge in [-0.05, 0) is 55.3 Å². The molecule has 0 aliphatic carbocycles. The van der Waals surface area contributed by atoms with Gasteiger partial charge in [-0.2, -0.15) is 23.4 Å². The van der Waals surface area contributed by atoms with Crippen LogP contribution in [0.5, 0.6) is 5.75 Å². The average molecular weight is 453 g/mol. The third kappa shape index (κ3) is 4.28. The smallest absolute Gasteiger partial charge is 0.401 e. The number of methoxy groups -OCH3 is 1. The van der Waals surface area contributed by atoms with E-state index < -0.39 is 12.7 Å². The van der Waals surface area contributed by atoms with Crippen molar-refractivity contribution in [2.75, 3.05) is 20.2 Å². The van der Waals surface area contributed by atoms with Crippen LogP contribution in [0.2, 0.25) is 0 Å². The van der Waals surface area contributed by atoms with Crippen LogP contribution in [0.15, 0.2) is 48.8 Å². The lowest BCUT2D eigenvalue weighted by Gasteiger charge is -2.30. The fourth-order valence-corrected chi connectivity index (χ4v) is 4.31. The molecule has 0 N–H and O–H groups in total. The van der Waals surface area contributed by atoms with E-state index in [9.17, 15) is 13.2 Å². The van der Waals surface area contributed by atoms with Gasteiger partial charge in [0.05, 0.1) is 36.9 Å². The van der Waals surface area contributed by atoms with Gasteiger partial charge in [0, 0.05) is 36.0 Å². The number of benzene rings is 1. The van der Waals surface area contributed by atoms with Gasteiger partial charge in [0.1, 0.15) is 11.4 Å². The normalized spacial score (nSPS) is 14.5. The molecule has 33 heavy (non-hydrogen) atoms. The molecule has 0 saturated carbocycles. The number of hydrogen-bond donors (Lipinski definition) is 0. The lowest BCUT2D eigenvalue weighted by molar-refractivity contribution is -0.147. The van der Waals surface area contributed by atoms with Crippen molar-refractivity contribution < 1.29 is 17.9 Å². The highest BCUT2D eigenvalue weighted by molar-refractivity contribution is 5.71. The summed E-state index contributed by atoms with van der Waals surface area (Å²) in [4.78, 5) is 5.97. The summed E-state index contributed by atoms with van der Waals surface area (Å²) in [6.07, 6.45) is 0.0399. The monoisotopic (exact) mass is 453 g/mol. The van der Waals surface area contributed by atoms with Gasteiger partial charge in [0.15, 0.2) is 0 Å². The highest BCUT2D eigenvalue weighted by atomic mass is 19.4. The second-order valence-corrected chi connectivity index (χ2v) is 8.24.